The number of azide groups is 1. The van der Waals surface area contributed by atoms with Gasteiger partial charge in [0.1, 0.15) is 0 Å². The van der Waals surface area contributed by atoms with Gasteiger partial charge in [-0.15, -0.1) is 0 Å². The molecule has 0 aromatic heterocycles. The van der Waals surface area contributed by atoms with E-state index in [0.29, 0.717) is 0 Å². The zero-order chi connectivity index (χ0) is 5.54. The molecule has 0 N–H and O–H groups in total. The lowest BCUT2D eigenvalue weighted by Crippen LogP contribution is -3.55. The summed E-state index contributed by atoms with van der Waals surface area (Å²) in [6, 6.07) is 0. The van der Waals surface area contributed by atoms with Crippen molar-refractivity contribution in [3.63, 3.8) is 0 Å². The van der Waals surface area contributed by atoms with Crippen LogP contribution in [0.2, 0.25) is 0 Å². The Morgan fingerprint density at radius 2 is 1.57 bits per heavy atom. The molecule has 0 fully saturated rings. The van der Waals surface area contributed by atoms with Crippen molar-refractivity contribution in [3.8, 4) is 0 Å². The molecule has 0 unspecified atom stereocenters. The van der Waals surface area contributed by atoms with Gasteiger partial charge >= 0.3 is 21.8 Å². The second-order valence-electron chi connectivity index (χ2n) is 0.406. The highest BCUT2D eigenvalue weighted by atomic mass is 127. The maximum Gasteiger partial charge on any atom is 0.547 e. The molecule has 0 atom stereocenters. The Hall–Kier alpha value is -0.650. The molecule has 0 heterocycles. The number of rotatable bonds is 2. The average Bonchev–Trinajstić information content (AvgIpc) is 1.69. The zero-order valence-electron chi connectivity index (χ0n) is 3.06. The van der Waals surface area contributed by atoms with Gasteiger partial charge in [-0.25, -0.2) is 0 Å². The van der Waals surface area contributed by atoms with Crippen molar-refractivity contribution in [1.82, 2.24) is 0 Å². The van der Waals surface area contributed by atoms with E-state index in [-0.39, 0.29) is 0 Å². The topological polar surface area (TPSA) is 97.5 Å². The van der Waals surface area contributed by atoms with Gasteiger partial charge in [0.05, 0.1) is 0 Å². The van der Waals surface area contributed by atoms with Crippen molar-refractivity contribution in [3.05, 3.63) is 20.9 Å². The smallest absolute Gasteiger partial charge is 0.000204 e. The zero-order valence-corrected chi connectivity index (χ0v) is 5.22. The highest BCUT2D eigenvalue weighted by molar-refractivity contribution is 4.27. The summed E-state index contributed by atoms with van der Waals surface area (Å²) < 4.78 is 6.06. The minimum atomic E-state index is -0.959. The molecule has 0 aliphatic heterocycles. The molecule has 0 rings (SSSR count). The van der Waals surface area contributed by atoms with E-state index in [1.54, 1.807) is 0 Å². The van der Waals surface area contributed by atoms with Crippen molar-refractivity contribution in [2.24, 2.45) is 6.66 Å². The minimum Gasteiger partial charge on any atom is 0.000204 e. The molecule has 0 aromatic rings. The molecule has 0 bridgehead atoms. The Morgan fingerprint density at radius 3 is 1.86 bits per heavy atom. The predicted molar refractivity (Wildman–Crippen MR) is 18.3 cm³/mol. The number of hydrogen-bond acceptors (Lipinski definition) is 2. The van der Waals surface area contributed by atoms with Crippen LogP contribution in [-0.2, 0) is 0 Å². The third-order valence-electron chi connectivity index (χ3n) is 0.135. The molecule has 6 nitrogen and oxygen atoms in total. The molecule has 36 valence electrons. The minimum absolute atomic E-state index is 0.959. The van der Waals surface area contributed by atoms with E-state index in [1.807, 2.05) is 0 Å². The lowest BCUT2D eigenvalue weighted by molar-refractivity contribution is -0.672. The second-order valence-corrected chi connectivity index (χ2v) is 1.70. The first-order chi connectivity index (χ1) is 3.41. The highest BCUT2D eigenvalue weighted by Gasteiger charge is 1.93. The van der Waals surface area contributed by atoms with E-state index in [1.165, 1.54) is 0 Å². The van der Waals surface area contributed by atoms with Crippen LogP contribution in [-0.4, -0.2) is 0 Å². The SMILES string of the molecule is [N-]=[N+]=N[I+]N=[N+]=[N-]. The number of nitrogens with zero attached hydrogens (tertiary/aromatic N) is 6. The van der Waals surface area contributed by atoms with E-state index >= 15 is 0 Å². The molecule has 0 aliphatic rings. The normalized spacial score (nSPS) is 5.71. The van der Waals surface area contributed by atoms with Crippen molar-refractivity contribution in [2.75, 3.05) is 0 Å². The maximum absolute atomic E-state index is 7.60. The van der Waals surface area contributed by atoms with Crippen LogP contribution < -0.4 is 21.8 Å². The van der Waals surface area contributed by atoms with Crippen LogP contribution in [0, 0.1) is 0 Å². The van der Waals surface area contributed by atoms with Gasteiger partial charge in [0.25, 0.3) is 0 Å². The first-order valence-electron chi connectivity index (χ1n) is 1.14. The lowest BCUT2D eigenvalue weighted by Gasteiger charge is -1.35. The van der Waals surface area contributed by atoms with Crippen molar-refractivity contribution >= 4 is 0 Å². The molecule has 0 saturated heterocycles. The molecule has 0 saturated carbocycles. The van der Waals surface area contributed by atoms with Crippen LogP contribution >= 0.6 is 0 Å². The Bertz CT molecular complexity index is 107. The van der Waals surface area contributed by atoms with Crippen LogP contribution in [0.4, 0.5) is 0 Å². The third kappa shape index (κ3) is 5.35. The number of hydrogen-bond donors (Lipinski definition) is 0. The lowest BCUT2D eigenvalue weighted by atomic mass is 13.0. The summed E-state index contributed by atoms with van der Waals surface area (Å²) in [4.78, 5) is 4.76. The standard InChI is InChI=1S/IN6/c2-6-4-1-5-7-3/q+1. The molecular weight excluding hydrogens is 211 g/mol. The highest BCUT2D eigenvalue weighted by Crippen LogP contribution is 1.40. The van der Waals surface area contributed by atoms with Gasteiger partial charge in [-0.2, -0.15) is 0 Å². The summed E-state index contributed by atoms with van der Waals surface area (Å²) in [6.45, 7) is 0. The summed E-state index contributed by atoms with van der Waals surface area (Å²) in [5.41, 5.74) is 15.2. The Kier molecular flexibility index (Phi) is 4.85. The second kappa shape index (κ2) is 5.35. The third-order valence-corrected chi connectivity index (χ3v) is 0.907. The van der Waals surface area contributed by atoms with Gasteiger partial charge < -0.3 is 0 Å². The quantitative estimate of drug-likeness (QED) is 0.230. The first-order valence-corrected chi connectivity index (χ1v) is 3.07. The average molecular weight is 211 g/mol. The summed E-state index contributed by atoms with van der Waals surface area (Å²) >= 11 is -0.959. The molecule has 0 radical (unpaired) electrons. The van der Waals surface area contributed by atoms with Gasteiger partial charge in [-0.1, -0.05) is 0 Å². The Morgan fingerprint density at radius 1 is 1.14 bits per heavy atom. The predicted octanol–water partition coefficient (Wildman–Crippen LogP) is -1.47. The fourth-order valence-corrected chi connectivity index (χ4v) is 0.304. The van der Waals surface area contributed by atoms with Gasteiger partial charge in [0.15, 0.2) is 6.66 Å². The Labute approximate surface area is 49.7 Å². The van der Waals surface area contributed by atoms with Gasteiger partial charge in [-0.05, 0) is 0 Å². The fourth-order valence-electron chi connectivity index (χ4n) is 0.0454. The van der Waals surface area contributed by atoms with Gasteiger partial charge in [-0.3, -0.25) is 0 Å². The summed E-state index contributed by atoms with van der Waals surface area (Å²) in [5, 5.41) is 0. The van der Waals surface area contributed by atoms with Crippen molar-refractivity contribution < 1.29 is 21.8 Å². The molecule has 0 aromatic carbocycles. The largest absolute Gasteiger partial charge is 0.547 e. The van der Waals surface area contributed by atoms with Crippen molar-refractivity contribution in [1.29, 1.82) is 0 Å². The maximum atomic E-state index is 7.60. The molecule has 0 amide bonds. The summed E-state index contributed by atoms with van der Waals surface area (Å²) in [6.07, 6.45) is 0. The van der Waals surface area contributed by atoms with E-state index in [4.69, 9.17) is 11.1 Å². The van der Waals surface area contributed by atoms with E-state index < -0.39 is 21.8 Å². The number of halogens is 1. The van der Waals surface area contributed by atoms with Crippen LogP contribution in [0.25, 0.3) is 20.9 Å². The van der Waals surface area contributed by atoms with Crippen LogP contribution in [0.3, 0.4) is 0 Å². The van der Waals surface area contributed by atoms with E-state index in [0.717, 1.165) is 0 Å². The summed E-state index contributed by atoms with van der Waals surface area (Å²) in [5.74, 6) is 0. The van der Waals surface area contributed by atoms with Crippen molar-refractivity contribution in [2.45, 2.75) is 0 Å². The Balaban J connectivity index is 3.33. The van der Waals surface area contributed by atoms with Crippen LogP contribution in [0.1, 0.15) is 0 Å². The van der Waals surface area contributed by atoms with Crippen LogP contribution in [0.15, 0.2) is 6.66 Å². The van der Waals surface area contributed by atoms with Crippen LogP contribution in [0.5, 0.6) is 0 Å². The molecule has 7 heavy (non-hydrogen) atoms. The molecule has 7 heteroatoms. The molecule has 0 spiro atoms. The first kappa shape index (κ1) is 6.35. The molecular formula is IN6+. The fraction of sp³-hybridized carbons (Fsp3) is 0. The van der Waals surface area contributed by atoms with Gasteiger partial charge in [0, 0.05) is 20.9 Å². The van der Waals surface area contributed by atoms with E-state index in [9.17, 15) is 0 Å². The van der Waals surface area contributed by atoms with Gasteiger partial charge in [0.2, 0.25) is 0 Å². The van der Waals surface area contributed by atoms with E-state index in [2.05, 4.69) is 16.5 Å². The monoisotopic (exact) mass is 211 g/mol. The summed E-state index contributed by atoms with van der Waals surface area (Å²) in [7, 11) is 0. The molecule has 0 aliphatic carbocycles.